The largest absolute Gasteiger partial charge is 0.356 e. The van der Waals surface area contributed by atoms with E-state index in [0.29, 0.717) is 30.6 Å². The summed E-state index contributed by atoms with van der Waals surface area (Å²) in [6.45, 7) is 2.76. The summed E-state index contributed by atoms with van der Waals surface area (Å²) in [5, 5.41) is 4.11. The summed E-state index contributed by atoms with van der Waals surface area (Å²) in [4.78, 5) is 20.2. The molecule has 0 bridgehead atoms. The maximum absolute atomic E-state index is 12.9. The van der Waals surface area contributed by atoms with Gasteiger partial charge in [0, 0.05) is 37.6 Å². The van der Waals surface area contributed by atoms with Gasteiger partial charge in [-0.25, -0.2) is 13.4 Å². The van der Waals surface area contributed by atoms with Gasteiger partial charge >= 0.3 is 0 Å². The molecule has 8 heteroatoms. The highest BCUT2D eigenvalue weighted by molar-refractivity contribution is 7.89. The Morgan fingerprint density at radius 3 is 2.48 bits per heavy atom. The molecule has 1 aromatic heterocycles. The SMILES string of the molecule is O=C(NC1CCCCC1)C1CCCN(c2ccc3cc(S(=O)(=O)N4CCCC4)ccc3n2)C1. The van der Waals surface area contributed by atoms with Gasteiger partial charge in [-0.15, -0.1) is 0 Å². The van der Waals surface area contributed by atoms with Crippen molar-refractivity contribution < 1.29 is 13.2 Å². The molecule has 2 aliphatic heterocycles. The topological polar surface area (TPSA) is 82.6 Å². The zero-order valence-corrected chi connectivity index (χ0v) is 20.0. The number of nitrogens with zero attached hydrogens (tertiary/aromatic N) is 3. The lowest BCUT2D eigenvalue weighted by Gasteiger charge is -2.34. The lowest BCUT2D eigenvalue weighted by atomic mass is 9.93. The molecule has 2 saturated heterocycles. The Hall–Kier alpha value is -2.19. The van der Waals surface area contributed by atoms with Crippen molar-refractivity contribution in [1.82, 2.24) is 14.6 Å². The minimum atomic E-state index is -3.44. The van der Waals surface area contributed by atoms with Crippen LogP contribution in [0.25, 0.3) is 10.9 Å². The molecule has 1 N–H and O–H groups in total. The van der Waals surface area contributed by atoms with Crippen LogP contribution in [0.5, 0.6) is 0 Å². The molecule has 1 unspecified atom stereocenters. The number of hydrogen-bond acceptors (Lipinski definition) is 5. The number of aromatic nitrogens is 1. The predicted octanol–water partition coefficient (Wildman–Crippen LogP) is 3.68. The van der Waals surface area contributed by atoms with Gasteiger partial charge in [0.05, 0.1) is 16.3 Å². The molecule has 1 aliphatic carbocycles. The monoisotopic (exact) mass is 470 g/mol. The van der Waals surface area contributed by atoms with E-state index in [1.54, 1.807) is 22.5 Å². The molecular weight excluding hydrogens is 436 g/mol. The van der Waals surface area contributed by atoms with Gasteiger partial charge < -0.3 is 10.2 Å². The van der Waals surface area contributed by atoms with Crippen LogP contribution in [-0.2, 0) is 14.8 Å². The van der Waals surface area contributed by atoms with Gasteiger partial charge in [0.1, 0.15) is 5.82 Å². The molecule has 1 saturated carbocycles. The number of amides is 1. The molecule has 33 heavy (non-hydrogen) atoms. The number of carbonyl (C=O) groups is 1. The number of carbonyl (C=O) groups excluding carboxylic acids is 1. The van der Waals surface area contributed by atoms with Gasteiger partial charge in [-0.05, 0) is 68.9 Å². The van der Waals surface area contributed by atoms with Crippen LogP contribution in [0, 0.1) is 5.92 Å². The summed E-state index contributed by atoms with van der Waals surface area (Å²) >= 11 is 0. The van der Waals surface area contributed by atoms with Crippen molar-refractivity contribution in [3.05, 3.63) is 30.3 Å². The van der Waals surface area contributed by atoms with Gasteiger partial charge in [0.15, 0.2) is 0 Å². The number of piperidine rings is 1. The first-order valence-corrected chi connectivity index (χ1v) is 13.9. The zero-order valence-electron chi connectivity index (χ0n) is 19.2. The average molecular weight is 471 g/mol. The molecule has 1 atom stereocenters. The van der Waals surface area contributed by atoms with Crippen molar-refractivity contribution in [3.63, 3.8) is 0 Å². The van der Waals surface area contributed by atoms with Crippen LogP contribution in [-0.4, -0.2) is 55.8 Å². The van der Waals surface area contributed by atoms with Crippen LogP contribution in [0.3, 0.4) is 0 Å². The van der Waals surface area contributed by atoms with Crippen LogP contribution in [0.1, 0.15) is 57.8 Å². The number of hydrogen-bond donors (Lipinski definition) is 1. The number of sulfonamides is 1. The third-order valence-electron chi connectivity index (χ3n) is 7.42. The lowest BCUT2D eigenvalue weighted by molar-refractivity contribution is -0.126. The number of rotatable bonds is 5. The molecule has 1 aromatic carbocycles. The first-order valence-electron chi connectivity index (χ1n) is 12.5. The maximum Gasteiger partial charge on any atom is 0.243 e. The van der Waals surface area contributed by atoms with Crippen LogP contribution < -0.4 is 10.2 Å². The van der Waals surface area contributed by atoms with Gasteiger partial charge in [-0.3, -0.25) is 4.79 Å². The lowest BCUT2D eigenvalue weighted by Crippen LogP contribution is -2.46. The van der Waals surface area contributed by atoms with E-state index in [4.69, 9.17) is 4.98 Å². The second-order valence-electron chi connectivity index (χ2n) is 9.76. The highest BCUT2D eigenvalue weighted by Crippen LogP contribution is 2.28. The fourth-order valence-corrected chi connectivity index (χ4v) is 7.03. The summed E-state index contributed by atoms with van der Waals surface area (Å²) in [6, 6.07) is 9.45. The Morgan fingerprint density at radius 1 is 0.909 bits per heavy atom. The van der Waals surface area contributed by atoms with Crippen molar-refractivity contribution in [3.8, 4) is 0 Å². The Balaban J connectivity index is 1.29. The highest BCUT2D eigenvalue weighted by atomic mass is 32.2. The smallest absolute Gasteiger partial charge is 0.243 e. The summed E-state index contributed by atoms with van der Waals surface area (Å²) in [7, 11) is -3.44. The number of nitrogens with one attached hydrogen (secondary N) is 1. The Bertz CT molecular complexity index is 1110. The molecule has 7 nitrogen and oxygen atoms in total. The summed E-state index contributed by atoms with van der Waals surface area (Å²) in [5.41, 5.74) is 0.779. The van der Waals surface area contributed by atoms with Crippen LogP contribution in [0.15, 0.2) is 35.2 Å². The van der Waals surface area contributed by atoms with E-state index in [2.05, 4.69) is 10.2 Å². The van der Waals surface area contributed by atoms with E-state index < -0.39 is 10.0 Å². The van der Waals surface area contributed by atoms with Crippen LogP contribution >= 0.6 is 0 Å². The second kappa shape index (κ2) is 9.58. The molecule has 3 heterocycles. The molecule has 0 radical (unpaired) electrons. The Labute approximate surface area is 196 Å². The molecule has 5 rings (SSSR count). The van der Waals surface area contributed by atoms with E-state index in [0.717, 1.165) is 61.8 Å². The highest BCUT2D eigenvalue weighted by Gasteiger charge is 2.29. The van der Waals surface area contributed by atoms with Crippen molar-refractivity contribution in [2.24, 2.45) is 5.92 Å². The molecule has 3 aliphatic rings. The molecule has 2 aromatic rings. The normalized spacial score (nSPS) is 23.2. The van der Waals surface area contributed by atoms with E-state index in [9.17, 15) is 13.2 Å². The van der Waals surface area contributed by atoms with Gasteiger partial charge in [0.25, 0.3) is 0 Å². The van der Waals surface area contributed by atoms with Crippen molar-refractivity contribution in [2.75, 3.05) is 31.1 Å². The predicted molar refractivity (Wildman–Crippen MR) is 130 cm³/mol. The minimum Gasteiger partial charge on any atom is -0.356 e. The number of benzene rings is 1. The van der Waals surface area contributed by atoms with Crippen LogP contribution in [0.2, 0.25) is 0 Å². The minimum absolute atomic E-state index is 0.00819. The number of pyridine rings is 1. The van der Waals surface area contributed by atoms with Gasteiger partial charge in [0.2, 0.25) is 15.9 Å². The molecule has 178 valence electrons. The summed E-state index contributed by atoms with van der Waals surface area (Å²) < 4.78 is 27.4. The Morgan fingerprint density at radius 2 is 1.70 bits per heavy atom. The fraction of sp³-hybridized carbons (Fsp3) is 0.600. The molecular formula is C25H34N4O3S. The number of fused-ring (bicyclic) bond motifs is 1. The second-order valence-corrected chi connectivity index (χ2v) is 11.7. The first-order chi connectivity index (χ1) is 16.0. The van der Waals surface area contributed by atoms with Crippen molar-refractivity contribution >= 4 is 32.7 Å². The maximum atomic E-state index is 12.9. The van der Waals surface area contributed by atoms with E-state index in [1.165, 1.54) is 19.3 Å². The zero-order chi connectivity index (χ0) is 22.8. The molecule has 3 fully saturated rings. The summed E-state index contributed by atoms with van der Waals surface area (Å²) in [5.74, 6) is 1.03. The Kier molecular flexibility index (Phi) is 6.56. The number of anilines is 1. The van der Waals surface area contributed by atoms with Crippen molar-refractivity contribution in [2.45, 2.75) is 68.7 Å². The van der Waals surface area contributed by atoms with Gasteiger partial charge in [-0.2, -0.15) is 4.31 Å². The van der Waals surface area contributed by atoms with E-state index >= 15 is 0 Å². The molecule has 1 amide bonds. The van der Waals surface area contributed by atoms with Gasteiger partial charge in [-0.1, -0.05) is 19.3 Å². The van der Waals surface area contributed by atoms with E-state index in [-0.39, 0.29) is 11.8 Å². The standard InChI is InChI=1S/C25H34N4O3S/c30-25(26-21-8-2-1-3-9-21)20-7-6-14-28(18-20)24-13-10-19-17-22(11-12-23(19)27-24)33(31,32)29-15-4-5-16-29/h10-13,17,20-21H,1-9,14-16,18H2,(H,26,30). The first kappa shape index (κ1) is 22.6. The molecule has 0 spiro atoms. The fourth-order valence-electron chi connectivity index (χ4n) is 5.47. The quantitative estimate of drug-likeness (QED) is 0.721. The third-order valence-corrected chi connectivity index (χ3v) is 9.31. The van der Waals surface area contributed by atoms with E-state index in [1.807, 2.05) is 12.1 Å². The summed E-state index contributed by atoms with van der Waals surface area (Å²) in [6.07, 6.45) is 9.64. The van der Waals surface area contributed by atoms with Crippen molar-refractivity contribution in [1.29, 1.82) is 0 Å². The average Bonchev–Trinajstić information content (AvgIpc) is 3.40. The third kappa shape index (κ3) is 4.87. The van der Waals surface area contributed by atoms with Crippen LogP contribution in [0.4, 0.5) is 5.82 Å².